The summed E-state index contributed by atoms with van der Waals surface area (Å²) in [5, 5.41) is 0. The van der Waals surface area contributed by atoms with Crippen molar-refractivity contribution >= 4 is 17.7 Å². The van der Waals surface area contributed by atoms with Crippen LogP contribution in [0.2, 0.25) is 0 Å². The van der Waals surface area contributed by atoms with Gasteiger partial charge in [0.2, 0.25) is 5.78 Å². The van der Waals surface area contributed by atoms with Gasteiger partial charge in [0.25, 0.3) is 0 Å². The number of Topliss-reactive ketones (excluding diaryl/α,β-unsaturated/α-hetero) is 1. The minimum absolute atomic E-state index is 0.118. The molecule has 4 rings (SSSR count). The number of esters is 2. The van der Waals surface area contributed by atoms with E-state index in [1.54, 1.807) is 13.8 Å². The molecule has 0 spiro atoms. The lowest BCUT2D eigenvalue weighted by atomic mass is 9.75. The lowest BCUT2D eigenvalue weighted by Crippen LogP contribution is -2.59. The predicted molar refractivity (Wildman–Crippen MR) is 205 cm³/mol. The van der Waals surface area contributed by atoms with Crippen LogP contribution in [-0.4, -0.2) is 41.3 Å². The van der Waals surface area contributed by atoms with Gasteiger partial charge in [0.1, 0.15) is 24.7 Å². The maximum absolute atomic E-state index is 14.9. The molecule has 0 radical (unpaired) electrons. The molecule has 0 aliphatic carbocycles. The van der Waals surface area contributed by atoms with Gasteiger partial charge < -0.3 is 18.9 Å². The Kier molecular flexibility index (Phi) is 16.4. The van der Waals surface area contributed by atoms with Crippen LogP contribution < -0.4 is 9.47 Å². The maximum Gasteiger partial charge on any atom is 0.393 e. The molecule has 13 heteroatoms. The lowest BCUT2D eigenvalue weighted by Gasteiger charge is -2.41. The van der Waals surface area contributed by atoms with E-state index in [2.05, 4.69) is 0 Å². The first-order valence-corrected chi connectivity index (χ1v) is 19.3. The standard InChI is InChI=1S/C45H48F6O7/c1-3-5-13-27-42(31-44(46,47)48,57-39(52)35-19-23-37(24-20-35)55-29-33-15-9-7-10-16-33)41(54)43(28-14-6-4-2,32-45(49,50)51)58-40(53)36-21-25-38(26-22-36)56-30-34-17-11-8-12-18-34/h7-12,15-26H,3-6,13-14,27-32H2,1-2H3/t42-,43-/m0/s1. The minimum atomic E-state index is -5.20. The van der Waals surface area contributed by atoms with Crippen molar-refractivity contribution in [3.8, 4) is 11.5 Å². The quantitative estimate of drug-likeness (QED) is 0.0443. The molecule has 0 amide bonds. The molecule has 4 aromatic rings. The van der Waals surface area contributed by atoms with Gasteiger partial charge in [-0.2, -0.15) is 26.3 Å². The predicted octanol–water partition coefficient (Wildman–Crippen LogP) is 12.0. The Morgan fingerprint density at radius 2 is 0.828 bits per heavy atom. The highest BCUT2D eigenvalue weighted by Crippen LogP contribution is 2.44. The molecule has 0 saturated carbocycles. The van der Waals surface area contributed by atoms with E-state index in [0.29, 0.717) is 24.3 Å². The lowest BCUT2D eigenvalue weighted by molar-refractivity contribution is -0.209. The van der Waals surface area contributed by atoms with Crippen molar-refractivity contribution in [2.75, 3.05) is 0 Å². The Morgan fingerprint density at radius 3 is 1.14 bits per heavy atom. The zero-order valence-electron chi connectivity index (χ0n) is 32.5. The van der Waals surface area contributed by atoms with Crippen LogP contribution in [0.1, 0.15) is 110 Å². The van der Waals surface area contributed by atoms with Crippen molar-refractivity contribution in [1.82, 2.24) is 0 Å². The monoisotopic (exact) mass is 814 g/mol. The highest BCUT2D eigenvalue weighted by molar-refractivity contribution is 6.01. The molecule has 0 aromatic heterocycles. The van der Waals surface area contributed by atoms with Gasteiger partial charge in [0.15, 0.2) is 11.2 Å². The first kappa shape index (κ1) is 45.4. The zero-order valence-corrected chi connectivity index (χ0v) is 32.5. The maximum atomic E-state index is 14.9. The van der Waals surface area contributed by atoms with Crippen molar-refractivity contribution < 1.29 is 59.7 Å². The highest BCUT2D eigenvalue weighted by Gasteiger charge is 2.61. The van der Waals surface area contributed by atoms with Crippen molar-refractivity contribution in [2.45, 2.75) is 115 Å². The van der Waals surface area contributed by atoms with E-state index < -0.39 is 67.0 Å². The van der Waals surface area contributed by atoms with Crippen molar-refractivity contribution in [2.24, 2.45) is 0 Å². The zero-order chi connectivity index (χ0) is 42.2. The second kappa shape index (κ2) is 20.9. The summed E-state index contributed by atoms with van der Waals surface area (Å²) in [5.41, 5.74) is -5.25. The summed E-state index contributed by atoms with van der Waals surface area (Å²) >= 11 is 0. The first-order chi connectivity index (χ1) is 27.6. The molecule has 0 aliphatic heterocycles. The highest BCUT2D eigenvalue weighted by atomic mass is 19.4. The molecule has 7 nitrogen and oxygen atoms in total. The number of carbonyl (C=O) groups is 3. The number of hydrogen-bond acceptors (Lipinski definition) is 7. The van der Waals surface area contributed by atoms with Gasteiger partial charge in [-0.15, -0.1) is 0 Å². The van der Waals surface area contributed by atoms with E-state index in [4.69, 9.17) is 18.9 Å². The Bertz CT molecular complexity index is 1740. The molecule has 58 heavy (non-hydrogen) atoms. The molecule has 0 unspecified atom stereocenters. The van der Waals surface area contributed by atoms with Gasteiger partial charge in [-0.25, -0.2) is 9.59 Å². The fourth-order valence-electron chi connectivity index (χ4n) is 6.54. The number of benzene rings is 4. The van der Waals surface area contributed by atoms with Crippen molar-refractivity contribution in [1.29, 1.82) is 0 Å². The van der Waals surface area contributed by atoms with Gasteiger partial charge >= 0.3 is 24.3 Å². The summed E-state index contributed by atoms with van der Waals surface area (Å²) in [6, 6.07) is 28.7. The Labute approximate surface area is 334 Å². The molecule has 0 fully saturated rings. The molecule has 2 atom stereocenters. The number of ketones is 1. The summed E-state index contributed by atoms with van der Waals surface area (Å²) in [6.45, 7) is 3.82. The summed E-state index contributed by atoms with van der Waals surface area (Å²) in [4.78, 5) is 42.4. The smallest absolute Gasteiger partial charge is 0.393 e. The van der Waals surface area contributed by atoms with Gasteiger partial charge in [0.05, 0.1) is 24.0 Å². The first-order valence-electron chi connectivity index (χ1n) is 19.3. The van der Waals surface area contributed by atoms with Gasteiger partial charge in [-0.05, 0) is 85.3 Å². The average molecular weight is 815 g/mol. The third kappa shape index (κ3) is 13.9. The van der Waals surface area contributed by atoms with Crippen LogP contribution in [0, 0.1) is 0 Å². The summed E-state index contributed by atoms with van der Waals surface area (Å²) in [6.07, 6.45) is -15.0. The summed E-state index contributed by atoms with van der Waals surface area (Å²) in [7, 11) is 0. The fourth-order valence-corrected chi connectivity index (χ4v) is 6.54. The van der Waals surface area contributed by atoms with Gasteiger partial charge in [0, 0.05) is 0 Å². The Morgan fingerprint density at radius 1 is 0.483 bits per heavy atom. The van der Waals surface area contributed by atoms with E-state index in [9.17, 15) is 40.7 Å². The molecule has 4 aromatic carbocycles. The van der Waals surface area contributed by atoms with Crippen LogP contribution in [0.3, 0.4) is 0 Å². The van der Waals surface area contributed by atoms with Crippen molar-refractivity contribution in [3.05, 3.63) is 131 Å². The Hall–Kier alpha value is -5.33. The largest absolute Gasteiger partial charge is 0.489 e. The van der Waals surface area contributed by atoms with Crippen LogP contribution in [-0.2, 0) is 27.5 Å². The van der Waals surface area contributed by atoms with Crippen LogP contribution in [0.4, 0.5) is 26.3 Å². The molecule has 0 aliphatic rings. The molecular weight excluding hydrogens is 766 g/mol. The van der Waals surface area contributed by atoms with Crippen molar-refractivity contribution in [3.63, 3.8) is 0 Å². The average Bonchev–Trinajstić information content (AvgIpc) is 3.19. The minimum Gasteiger partial charge on any atom is -0.489 e. The molecular formula is C45H48F6O7. The third-order valence-electron chi connectivity index (χ3n) is 9.42. The van der Waals surface area contributed by atoms with E-state index >= 15 is 0 Å². The van der Waals surface area contributed by atoms with E-state index in [1.807, 2.05) is 60.7 Å². The number of carbonyl (C=O) groups excluding carboxylic acids is 3. The second-order valence-corrected chi connectivity index (χ2v) is 14.2. The van der Waals surface area contributed by atoms with Crippen LogP contribution in [0.5, 0.6) is 11.5 Å². The fraction of sp³-hybridized carbons (Fsp3) is 0.400. The normalized spacial score (nSPS) is 13.8. The molecule has 0 saturated heterocycles. The van der Waals surface area contributed by atoms with E-state index in [1.165, 1.54) is 48.5 Å². The number of hydrogen-bond donors (Lipinski definition) is 0. The Balaban J connectivity index is 1.72. The van der Waals surface area contributed by atoms with Crippen LogP contribution in [0.15, 0.2) is 109 Å². The SMILES string of the molecule is CCCCC[C@@](CC(F)(F)F)(OC(=O)c1ccc(OCc2ccccc2)cc1)C(=O)[C@](CCCCC)(CC(F)(F)F)OC(=O)c1ccc(OCc2ccccc2)cc1. The molecule has 0 heterocycles. The number of halogens is 6. The van der Waals surface area contributed by atoms with Crippen LogP contribution >= 0.6 is 0 Å². The number of alkyl halides is 6. The summed E-state index contributed by atoms with van der Waals surface area (Å²) < 4.78 is 110. The topological polar surface area (TPSA) is 88.1 Å². The number of unbranched alkanes of at least 4 members (excludes halogenated alkanes) is 4. The van der Waals surface area contributed by atoms with E-state index in [0.717, 1.165) is 11.1 Å². The molecule has 312 valence electrons. The second-order valence-electron chi connectivity index (χ2n) is 14.2. The number of rotatable bonds is 22. The van der Waals surface area contributed by atoms with E-state index in [-0.39, 0.29) is 50.0 Å². The number of ether oxygens (including phenoxy) is 4. The van der Waals surface area contributed by atoms with Gasteiger partial charge in [-0.3, -0.25) is 4.79 Å². The summed E-state index contributed by atoms with van der Waals surface area (Å²) in [5.74, 6) is -3.92. The third-order valence-corrected chi connectivity index (χ3v) is 9.42. The van der Waals surface area contributed by atoms with Gasteiger partial charge in [-0.1, -0.05) is 100 Å². The molecule has 0 bridgehead atoms. The van der Waals surface area contributed by atoms with Crippen LogP contribution in [0.25, 0.3) is 0 Å². The molecule has 0 N–H and O–H groups in total.